The SMILES string of the molecule is N[C@@H]1CCN(C(=O)C2CC(=O)N(C3CCCC3)C2)C1. The van der Waals surface area contributed by atoms with Crippen molar-refractivity contribution in [2.45, 2.75) is 50.6 Å². The lowest BCUT2D eigenvalue weighted by Crippen LogP contribution is -2.39. The summed E-state index contributed by atoms with van der Waals surface area (Å²) in [5.41, 5.74) is 5.84. The van der Waals surface area contributed by atoms with Crippen molar-refractivity contribution in [3.05, 3.63) is 0 Å². The molecule has 19 heavy (non-hydrogen) atoms. The summed E-state index contributed by atoms with van der Waals surface area (Å²) in [6.45, 7) is 2.05. The Kier molecular flexibility index (Phi) is 3.48. The first-order valence-electron chi connectivity index (χ1n) is 7.49. The molecule has 0 radical (unpaired) electrons. The zero-order valence-corrected chi connectivity index (χ0v) is 11.4. The van der Waals surface area contributed by atoms with Crippen molar-refractivity contribution in [1.82, 2.24) is 9.80 Å². The van der Waals surface area contributed by atoms with Crippen LogP contribution in [0.15, 0.2) is 0 Å². The van der Waals surface area contributed by atoms with Crippen LogP contribution in [-0.2, 0) is 9.59 Å². The molecular weight excluding hydrogens is 242 g/mol. The van der Waals surface area contributed by atoms with E-state index in [2.05, 4.69) is 0 Å². The van der Waals surface area contributed by atoms with Crippen LogP contribution in [0.3, 0.4) is 0 Å². The Labute approximate surface area is 114 Å². The predicted octanol–water partition coefficient (Wildman–Crippen LogP) is 0.337. The van der Waals surface area contributed by atoms with Crippen molar-refractivity contribution in [3.8, 4) is 0 Å². The summed E-state index contributed by atoms with van der Waals surface area (Å²) >= 11 is 0. The van der Waals surface area contributed by atoms with E-state index in [0.717, 1.165) is 25.8 Å². The number of amides is 2. The average Bonchev–Trinajstić information content (AvgIpc) is 3.07. The smallest absolute Gasteiger partial charge is 0.228 e. The van der Waals surface area contributed by atoms with E-state index < -0.39 is 0 Å². The van der Waals surface area contributed by atoms with Gasteiger partial charge in [-0.1, -0.05) is 12.8 Å². The molecule has 2 heterocycles. The Bertz CT molecular complexity index is 379. The van der Waals surface area contributed by atoms with Crippen LogP contribution < -0.4 is 5.73 Å². The molecule has 0 bridgehead atoms. The van der Waals surface area contributed by atoms with Crippen molar-refractivity contribution in [2.75, 3.05) is 19.6 Å². The maximum absolute atomic E-state index is 12.4. The fourth-order valence-electron chi connectivity index (χ4n) is 3.71. The normalized spacial score (nSPS) is 32.6. The van der Waals surface area contributed by atoms with Gasteiger partial charge in [-0.05, 0) is 19.3 Å². The van der Waals surface area contributed by atoms with Crippen LogP contribution in [0.5, 0.6) is 0 Å². The molecule has 5 nitrogen and oxygen atoms in total. The van der Waals surface area contributed by atoms with Gasteiger partial charge in [0.1, 0.15) is 0 Å². The molecular formula is C14H23N3O2. The molecule has 0 aromatic rings. The van der Waals surface area contributed by atoms with Gasteiger partial charge in [-0.15, -0.1) is 0 Å². The van der Waals surface area contributed by atoms with Crippen LogP contribution in [-0.4, -0.2) is 53.3 Å². The summed E-state index contributed by atoms with van der Waals surface area (Å²) in [5.74, 6) is 0.189. The van der Waals surface area contributed by atoms with Crippen LogP contribution in [0.4, 0.5) is 0 Å². The van der Waals surface area contributed by atoms with Crippen LogP contribution in [0.1, 0.15) is 38.5 Å². The van der Waals surface area contributed by atoms with Crippen molar-refractivity contribution in [3.63, 3.8) is 0 Å². The molecule has 3 rings (SSSR count). The Morgan fingerprint density at radius 1 is 1.16 bits per heavy atom. The highest BCUT2D eigenvalue weighted by Gasteiger charge is 2.40. The molecule has 2 saturated heterocycles. The number of carbonyl (C=O) groups is 2. The summed E-state index contributed by atoms with van der Waals surface area (Å²) in [5, 5.41) is 0. The second-order valence-electron chi connectivity index (χ2n) is 6.22. The number of nitrogens with zero attached hydrogens (tertiary/aromatic N) is 2. The van der Waals surface area contributed by atoms with Gasteiger partial charge in [-0.25, -0.2) is 0 Å². The molecule has 106 valence electrons. The van der Waals surface area contributed by atoms with Crippen LogP contribution in [0, 0.1) is 5.92 Å². The van der Waals surface area contributed by atoms with Crippen LogP contribution in [0.25, 0.3) is 0 Å². The number of hydrogen-bond acceptors (Lipinski definition) is 3. The Hall–Kier alpha value is -1.10. The Balaban J connectivity index is 1.61. The first kappa shape index (κ1) is 12.9. The largest absolute Gasteiger partial charge is 0.341 e. The van der Waals surface area contributed by atoms with Gasteiger partial charge in [0, 0.05) is 38.1 Å². The van der Waals surface area contributed by atoms with Gasteiger partial charge < -0.3 is 15.5 Å². The number of nitrogens with two attached hydrogens (primary N) is 1. The molecule has 0 aromatic heterocycles. The van der Waals surface area contributed by atoms with Gasteiger partial charge in [0.2, 0.25) is 11.8 Å². The molecule has 3 fully saturated rings. The molecule has 0 aromatic carbocycles. The average molecular weight is 265 g/mol. The van der Waals surface area contributed by atoms with Gasteiger partial charge >= 0.3 is 0 Å². The fraction of sp³-hybridized carbons (Fsp3) is 0.857. The van der Waals surface area contributed by atoms with E-state index in [1.807, 2.05) is 9.80 Å². The highest BCUT2D eigenvalue weighted by atomic mass is 16.2. The highest BCUT2D eigenvalue weighted by molar-refractivity contribution is 5.89. The molecule has 1 aliphatic carbocycles. The van der Waals surface area contributed by atoms with E-state index >= 15 is 0 Å². The minimum absolute atomic E-state index is 0.118. The van der Waals surface area contributed by atoms with Crippen molar-refractivity contribution < 1.29 is 9.59 Å². The van der Waals surface area contributed by atoms with Crippen molar-refractivity contribution in [1.29, 1.82) is 0 Å². The third-order valence-corrected chi connectivity index (χ3v) is 4.81. The number of hydrogen-bond donors (Lipinski definition) is 1. The molecule has 2 atom stereocenters. The summed E-state index contributed by atoms with van der Waals surface area (Å²) in [7, 11) is 0. The minimum Gasteiger partial charge on any atom is -0.341 e. The third kappa shape index (κ3) is 2.48. The van der Waals surface area contributed by atoms with Gasteiger partial charge in [0.15, 0.2) is 0 Å². The van der Waals surface area contributed by atoms with Crippen LogP contribution >= 0.6 is 0 Å². The quantitative estimate of drug-likeness (QED) is 0.783. The topological polar surface area (TPSA) is 66.6 Å². The zero-order chi connectivity index (χ0) is 13.4. The third-order valence-electron chi connectivity index (χ3n) is 4.81. The summed E-state index contributed by atoms with van der Waals surface area (Å²) in [4.78, 5) is 28.3. The highest BCUT2D eigenvalue weighted by Crippen LogP contribution is 2.30. The first-order valence-corrected chi connectivity index (χ1v) is 7.49. The molecule has 3 aliphatic rings. The van der Waals surface area contributed by atoms with E-state index in [4.69, 9.17) is 5.73 Å². The molecule has 2 N–H and O–H groups in total. The molecule has 5 heteroatoms. The standard InChI is InChI=1S/C14H23N3O2/c15-11-5-6-16(9-11)14(19)10-7-13(18)17(8-10)12-3-1-2-4-12/h10-12H,1-9,15H2/t10?,11-/m1/s1. The number of likely N-dealkylation sites (tertiary alicyclic amines) is 2. The van der Waals surface area contributed by atoms with Gasteiger partial charge in [0.25, 0.3) is 0 Å². The summed E-state index contributed by atoms with van der Waals surface area (Å²) in [6.07, 6.45) is 5.95. The van der Waals surface area contributed by atoms with E-state index in [1.165, 1.54) is 12.8 Å². The second kappa shape index (κ2) is 5.12. The first-order chi connectivity index (χ1) is 9.15. The molecule has 1 saturated carbocycles. The molecule has 2 amide bonds. The number of carbonyl (C=O) groups excluding carboxylic acids is 2. The molecule has 2 aliphatic heterocycles. The van der Waals surface area contributed by atoms with E-state index in [-0.39, 0.29) is 23.8 Å². The van der Waals surface area contributed by atoms with Gasteiger partial charge in [-0.2, -0.15) is 0 Å². The lowest BCUT2D eigenvalue weighted by atomic mass is 10.1. The van der Waals surface area contributed by atoms with Gasteiger partial charge in [-0.3, -0.25) is 9.59 Å². The van der Waals surface area contributed by atoms with E-state index in [0.29, 0.717) is 25.6 Å². The van der Waals surface area contributed by atoms with Crippen molar-refractivity contribution >= 4 is 11.8 Å². The lowest BCUT2D eigenvalue weighted by Gasteiger charge is -2.25. The lowest BCUT2D eigenvalue weighted by molar-refractivity contribution is -0.134. The number of rotatable bonds is 2. The Morgan fingerprint density at radius 3 is 2.53 bits per heavy atom. The second-order valence-corrected chi connectivity index (χ2v) is 6.22. The summed E-state index contributed by atoms with van der Waals surface area (Å²) in [6, 6.07) is 0.512. The van der Waals surface area contributed by atoms with E-state index in [1.54, 1.807) is 0 Å². The minimum atomic E-state index is -0.126. The monoisotopic (exact) mass is 265 g/mol. The van der Waals surface area contributed by atoms with Gasteiger partial charge in [0.05, 0.1) is 5.92 Å². The summed E-state index contributed by atoms with van der Waals surface area (Å²) < 4.78 is 0. The maximum atomic E-state index is 12.4. The van der Waals surface area contributed by atoms with E-state index in [9.17, 15) is 9.59 Å². The fourth-order valence-corrected chi connectivity index (χ4v) is 3.71. The maximum Gasteiger partial charge on any atom is 0.228 e. The zero-order valence-electron chi connectivity index (χ0n) is 11.4. The molecule has 1 unspecified atom stereocenters. The predicted molar refractivity (Wildman–Crippen MR) is 71.2 cm³/mol. The Morgan fingerprint density at radius 2 is 1.89 bits per heavy atom. The van der Waals surface area contributed by atoms with Crippen molar-refractivity contribution in [2.24, 2.45) is 11.7 Å². The van der Waals surface area contributed by atoms with Crippen LogP contribution in [0.2, 0.25) is 0 Å². The molecule has 0 spiro atoms.